The Kier molecular flexibility index (Phi) is 4.41. The lowest BCUT2D eigenvalue weighted by atomic mass is 9.96. The summed E-state index contributed by atoms with van der Waals surface area (Å²) < 4.78 is 28.1. The van der Waals surface area contributed by atoms with Crippen molar-refractivity contribution in [3.8, 4) is 11.1 Å². The lowest BCUT2D eigenvalue weighted by molar-refractivity contribution is 0.0698. The summed E-state index contributed by atoms with van der Waals surface area (Å²) in [6, 6.07) is 15.1. The average molecular weight is 462 g/mol. The number of carboxylic acids is 1. The summed E-state index contributed by atoms with van der Waals surface area (Å²) in [5.41, 5.74) is 1.71. The van der Waals surface area contributed by atoms with Gasteiger partial charge in [0.15, 0.2) is 0 Å². The molecule has 0 aliphatic rings. The van der Waals surface area contributed by atoms with E-state index in [-0.39, 0.29) is 9.77 Å². The van der Waals surface area contributed by atoms with E-state index in [4.69, 9.17) is 0 Å². The summed E-state index contributed by atoms with van der Waals surface area (Å²) in [7, 11) is -3.75. The molecule has 4 aromatic rings. The van der Waals surface area contributed by atoms with Crippen molar-refractivity contribution in [2.24, 2.45) is 0 Å². The van der Waals surface area contributed by atoms with E-state index < -0.39 is 16.0 Å². The van der Waals surface area contributed by atoms with Crippen LogP contribution in [0.2, 0.25) is 0 Å². The third-order valence-corrected chi connectivity index (χ3v) is 7.97. The molecule has 2 heterocycles. The fraction of sp³-hybridized carbons (Fsp3) is 0. The third-order valence-electron chi connectivity index (χ3n) is 4.22. The zero-order chi connectivity index (χ0) is 19.2. The lowest BCUT2D eigenvalue weighted by Gasteiger charge is -2.12. The highest BCUT2D eigenvalue weighted by molar-refractivity contribution is 9.10. The smallest absolute Gasteiger partial charge is 0.336 e. The quantitative estimate of drug-likeness (QED) is 0.460. The predicted octanol–water partition coefficient (Wildman–Crippen LogP) is 5.07. The summed E-state index contributed by atoms with van der Waals surface area (Å²) in [6.07, 6.45) is 1.46. The van der Waals surface area contributed by atoms with E-state index in [1.54, 1.807) is 29.6 Å². The molecule has 0 fully saturated rings. The number of halogens is 1. The van der Waals surface area contributed by atoms with Crippen LogP contribution in [0.1, 0.15) is 10.4 Å². The molecule has 2 aromatic carbocycles. The first-order chi connectivity index (χ1) is 12.9. The van der Waals surface area contributed by atoms with Crippen LogP contribution in [-0.4, -0.2) is 23.5 Å². The highest BCUT2D eigenvalue weighted by Crippen LogP contribution is 2.38. The Bertz CT molecular complexity index is 1270. The summed E-state index contributed by atoms with van der Waals surface area (Å²) in [5.74, 6) is -1.07. The third kappa shape index (κ3) is 2.90. The average Bonchev–Trinajstić information content (AvgIpc) is 3.31. The zero-order valence-corrected chi connectivity index (χ0v) is 16.9. The van der Waals surface area contributed by atoms with Gasteiger partial charge < -0.3 is 5.11 Å². The van der Waals surface area contributed by atoms with Gasteiger partial charge in [-0.25, -0.2) is 8.77 Å². The number of nitrogens with zero attached hydrogens (tertiary/aromatic N) is 1. The first kappa shape index (κ1) is 18.0. The van der Waals surface area contributed by atoms with Crippen LogP contribution in [0.3, 0.4) is 0 Å². The minimum Gasteiger partial charge on any atom is -0.478 e. The van der Waals surface area contributed by atoms with Crippen LogP contribution in [0.25, 0.3) is 22.0 Å². The highest BCUT2D eigenvalue weighted by Gasteiger charge is 2.24. The first-order valence-electron chi connectivity index (χ1n) is 7.82. The van der Waals surface area contributed by atoms with Crippen LogP contribution < -0.4 is 0 Å². The van der Waals surface area contributed by atoms with Crippen LogP contribution in [0.5, 0.6) is 0 Å². The number of hydrogen-bond donors (Lipinski definition) is 1. The standard InChI is InChI=1S/C19H12BrNO4S2/c20-15-5-2-1-4-12(15)18-13-9-10-21(16(13)8-7-14(18)19(22)23)27(24,25)17-6-3-11-26-17/h1-11H,(H,22,23). The van der Waals surface area contributed by atoms with Crippen molar-refractivity contribution in [3.05, 3.63) is 76.2 Å². The normalized spacial score (nSPS) is 11.7. The van der Waals surface area contributed by atoms with Crippen LogP contribution in [-0.2, 0) is 10.0 Å². The Morgan fingerprint density at radius 2 is 1.81 bits per heavy atom. The minimum absolute atomic E-state index is 0.112. The maximum Gasteiger partial charge on any atom is 0.336 e. The van der Waals surface area contributed by atoms with Crippen molar-refractivity contribution in [1.82, 2.24) is 3.97 Å². The molecule has 2 aromatic heterocycles. The Morgan fingerprint density at radius 3 is 2.48 bits per heavy atom. The number of carbonyl (C=O) groups is 1. The van der Waals surface area contributed by atoms with E-state index in [9.17, 15) is 18.3 Å². The van der Waals surface area contributed by atoms with Gasteiger partial charge in [0.1, 0.15) is 4.21 Å². The van der Waals surface area contributed by atoms with Crippen LogP contribution in [0.4, 0.5) is 0 Å². The summed E-state index contributed by atoms with van der Waals surface area (Å²) in [6.45, 7) is 0. The number of aromatic nitrogens is 1. The summed E-state index contributed by atoms with van der Waals surface area (Å²) in [5, 5.41) is 11.9. The van der Waals surface area contributed by atoms with Gasteiger partial charge >= 0.3 is 5.97 Å². The lowest BCUT2D eigenvalue weighted by Crippen LogP contribution is -2.10. The topological polar surface area (TPSA) is 76.4 Å². The molecule has 0 saturated heterocycles. The fourth-order valence-corrected chi connectivity index (χ4v) is 5.95. The van der Waals surface area contributed by atoms with Crippen molar-refractivity contribution in [2.45, 2.75) is 4.21 Å². The second-order valence-corrected chi connectivity index (χ2v) is 9.60. The molecule has 0 amide bonds. The van der Waals surface area contributed by atoms with E-state index in [1.807, 2.05) is 18.2 Å². The van der Waals surface area contributed by atoms with Gasteiger partial charge in [-0.15, -0.1) is 11.3 Å². The Morgan fingerprint density at radius 1 is 1.04 bits per heavy atom. The highest BCUT2D eigenvalue weighted by atomic mass is 79.9. The van der Waals surface area contributed by atoms with Crippen LogP contribution in [0.15, 0.2) is 74.9 Å². The van der Waals surface area contributed by atoms with Gasteiger partial charge in [-0.05, 0) is 41.3 Å². The van der Waals surface area contributed by atoms with Crippen molar-refractivity contribution in [2.75, 3.05) is 0 Å². The molecule has 0 atom stereocenters. The first-order valence-corrected chi connectivity index (χ1v) is 10.9. The van der Waals surface area contributed by atoms with Gasteiger partial charge in [-0.2, -0.15) is 8.42 Å². The van der Waals surface area contributed by atoms with Crippen LogP contribution in [0, 0.1) is 0 Å². The molecule has 0 unspecified atom stereocenters. The number of benzene rings is 2. The number of hydrogen-bond acceptors (Lipinski definition) is 4. The number of thiophene rings is 1. The van der Waals surface area contributed by atoms with Gasteiger partial charge in [-0.3, -0.25) is 0 Å². The second-order valence-electron chi connectivity index (χ2n) is 5.75. The van der Waals surface area contributed by atoms with E-state index in [1.165, 1.54) is 22.3 Å². The van der Waals surface area contributed by atoms with Gasteiger partial charge in [-0.1, -0.05) is 40.2 Å². The number of rotatable bonds is 4. The van der Waals surface area contributed by atoms with E-state index in [0.29, 0.717) is 22.0 Å². The van der Waals surface area contributed by atoms with Crippen molar-refractivity contribution < 1.29 is 18.3 Å². The predicted molar refractivity (Wildman–Crippen MR) is 109 cm³/mol. The molecule has 0 aliphatic carbocycles. The molecule has 4 rings (SSSR count). The van der Waals surface area contributed by atoms with E-state index in [2.05, 4.69) is 15.9 Å². The molecule has 27 heavy (non-hydrogen) atoms. The maximum absolute atomic E-state index is 13.0. The molecule has 0 radical (unpaired) electrons. The van der Waals surface area contributed by atoms with Gasteiger partial charge in [0.2, 0.25) is 0 Å². The molecule has 1 N–H and O–H groups in total. The molecular weight excluding hydrogens is 450 g/mol. The van der Waals surface area contributed by atoms with Crippen LogP contribution >= 0.6 is 27.3 Å². The SMILES string of the molecule is O=C(O)c1ccc2c(ccn2S(=O)(=O)c2cccs2)c1-c1ccccc1Br. The molecule has 0 saturated carbocycles. The molecule has 0 aliphatic heterocycles. The van der Waals surface area contributed by atoms with Gasteiger partial charge in [0.25, 0.3) is 10.0 Å². The zero-order valence-electron chi connectivity index (χ0n) is 13.7. The summed E-state index contributed by atoms with van der Waals surface area (Å²) in [4.78, 5) is 11.8. The van der Waals surface area contributed by atoms with Crippen molar-refractivity contribution in [3.63, 3.8) is 0 Å². The monoisotopic (exact) mass is 461 g/mol. The van der Waals surface area contributed by atoms with Gasteiger partial charge in [0, 0.05) is 21.6 Å². The molecule has 0 spiro atoms. The fourth-order valence-electron chi connectivity index (χ4n) is 3.04. The van der Waals surface area contributed by atoms with E-state index >= 15 is 0 Å². The largest absolute Gasteiger partial charge is 0.478 e. The van der Waals surface area contributed by atoms with Crippen molar-refractivity contribution in [1.29, 1.82) is 0 Å². The number of aromatic carboxylic acids is 1. The van der Waals surface area contributed by atoms with Crippen molar-refractivity contribution >= 4 is 54.2 Å². The molecule has 0 bridgehead atoms. The molecule has 8 heteroatoms. The Hall–Kier alpha value is -2.42. The Balaban J connectivity index is 2.06. The molecule has 5 nitrogen and oxygen atoms in total. The second kappa shape index (κ2) is 6.63. The maximum atomic E-state index is 13.0. The number of fused-ring (bicyclic) bond motifs is 1. The molecule has 136 valence electrons. The molecular formula is C19H12BrNO4S2. The summed E-state index contributed by atoms with van der Waals surface area (Å²) >= 11 is 4.60. The van der Waals surface area contributed by atoms with Gasteiger partial charge in [0.05, 0.1) is 11.1 Å². The number of carboxylic acid groups (broad SMARTS) is 1. The Labute approximate surface area is 167 Å². The van der Waals surface area contributed by atoms with E-state index in [0.717, 1.165) is 15.8 Å². The minimum atomic E-state index is -3.75.